The molecule has 0 unspecified atom stereocenters. The molecule has 1 aromatic carbocycles. The van der Waals surface area contributed by atoms with E-state index in [0.717, 1.165) is 34.8 Å². The molecule has 1 aliphatic rings. The molecule has 8 heteroatoms. The van der Waals surface area contributed by atoms with Crippen LogP contribution in [0, 0.1) is 0 Å². The molecule has 1 fully saturated rings. The second-order valence-electron chi connectivity index (χ2n) is 7.69. The molecule has 0 atom stereocenters. The zero-order valence-electron chi connectivity index (χ0n) is 16.9. The number of amides is 2. The summed E-state index contributed by atoms with van der Waals surface area (Å²) < 4.78 is 2.03. The molecule has 1 aliphatic heterocycles. The van der Waals surface area contributed by atoms with E-state index in [4.69, 9.17) is 4.98 Å². The first-order chi connectivity index (χ1) is 15.2. The summed E-state index contributed by atoms with van der Waals surface area (Å²) >= 11 is 3.08. The number of piperidine rings is 1. The van der Waals surface area contributed by atoms with Crippen LogP contribution in [0.15, 0.2) is 58.7 Å². The molecule has 1 N–H and O–H groups in total. The van der Waals surface area contributed by atoms with E-state index < -0.39 is 0 Å². The van der Waals surface area contributed by atoms with Crippen molar-refractivity contribution >= 4 is 39.4 Å². The van der Waals surface area contributed by atoms with Crippen LogP contribution in [0.2, 0.25) is 0 Å². The number of fused-ring (bicyclic) bond motifs is 1. The molecule has 0 bridgehead atoms. The predicted molar refractivity (Wildman–Crippen MR) is 124 cm³/mol. The summed E-state index contributed by atoms with van der Waals surface area (Å²) in [6.07, 6.45) is 3.93. The summed E-state index contributed by atoms with van der Waals surface area (Å²) in [4.78, 5) is 32.7. The topological polar surface area (TPSA) is 66.7 Å². The van der Waals surface area contributed by atoms with Crippen LogP contribution in [0.5, 0.6) is 0 Å². The molecule has 0 radical (unpaired) electrons. The Morgan fingerprint density at radius 2 is 1.90 bits per heavy atom. The van der Waals surface area contributed by atoms with Crippen molar-refractivity contribution in [1.82, 2.24) is 19.6 Å². The Bertz CT molecular complexity index is 1190. The van der Waals surface area contributed by atoms with Crippen molar-refractivity contribution in [1.29, 1.82) is 0 Å². The molecule has 0 spiro atoms. The van der Waals surface area contributed by atoms with Gasteiger partial charge in [-0.3, -0.25) is 14.0 Å². The molecule has 31 heavy (non-hydrogen) atoms. The van der Waals surface area contributed by atoms with Crippen LogP contribution in [-0.2, 0) is 11.2 Å². The van der Waals surface area contributed by atoms with E-state index in [9.17, 15) is 9.59 Å². The second kappa shape index (κ2) is 8.64. The van der Waals surface area contributed by atoms with Gasteiger partial charge in [-0.15, -0.1) is 11.3 Å². The van der Waals surface area contributed by atoms with Crippen LogP contribution in [0.4, 0.5) is 0 Å². The predicted octanol–water partition coefficient (Wildman–Crippen LogP) is 4.09. The number of thiazole rings is 1. The molecule has 0 aliphatic carbocycles. The third-order valence-electron chi connectivity index (χ3n) is 5.65. The van der Waals surface area contributed by atoms with Gasteiger partial charge in [0.15, 0.2) is 4.96 Å². The zero-order chi connectivity index (χ0) is 21.2. The van der Waals surface area contributed by atoms with Crippen molar-refractivity contribution in [3.8, 4) is 11.3 Å². The smallest absolute Gasteiger partial charge is 0.252 e. The lowest BCUT2D eigenvalue weighted by molar-refractivity contribution is -0.131. The van der Waals surface area contributed by atoms with Crippen molar-refractivity contribution in [2.75, 3.05) is 13.1 Å². The first-order valence-electron chi connectivity index (χ1n) is 10.3. The summed E-state index contributed by atoms with van der Waals surface area (Å²) in [5.41, 5.74) is 3.67. The van der Waals surface area contributed by atoms with Crippen LogP contribution in [0.3, 0.4) is 0 Å². The van der Waals surface area contributed by atoms with Gasteiger partial charge in [0.05, 0.1) is 12.1 Å². The fraction of sp³-hybridized carbons (Fsp3) is 0.261. The lowest BCUT2D eigenvalue weighted by atomic mass is 10.0. The highest BCUT2D eigenvalue weighted by atomic mass is 32.1. The van der Waals surface area contributed by atoms with Crippen molar-refractivity contribution in [3.63, 3.8) is 0 Å². The zero-order valence-corrected chi connectivity index (χ0v) is 18.5. The summed E-state index contributed by atoms with van der Waals surface area (Å²) in [5.74, 6) is 0.0956. The first kappa shape index (κ1) is 20.0. The Kier molecular flexibility index (Phi) is 5.57. The fourth-order valence-electron chi connectivity index (χ4n) is 3.91. The SMILES string of the molecule is O=C(NC1CCN(C(=O)Cc2csc3nc(-c4ccccc4)cn23)CC1)c1ccsc1. The van der Waals surface area contributed by atoms with E-state index in [-0.39, 0.29) is 17.9 Å². The minimum absolute atomic E-state index is 0.0268. The molecule has 5 rings (SSSR count). The number of imidazole rings is 1. The summed E-state index contributed by atoms with van der Waals surface area (Å²) in [5, 5.41) is 8.86. The van der Waals surface area contributed by atoms with Crippen molar-refractivity contribution < 1.29 is 9.59 Å². The normalized spacial score (nSPS) is 14.8. The lowest BCUT2D eigenvalue weighted by Gasteiger charge is -2.32. The van der Waals surface area contributed by atoms with Crippen molar-refractivity contribution in [2.24, 2.45) is 0 Å². The molecule has 2 amide bonds. The number of hydrogen-bond acceptors (Lipinski definition) is 5. The Labute approximate surface area is 188 Å². The maximum Gasteiger partial charge on any atom is 0.252 e. The van der Waals surface area contributed by atoms with Gasteiger partial charge in [0.25, 0.3) is 5.91 Å². The molecular weight excluding hydrogens is 428 g/mol. The average molecular weight is 451 g/mol. The molecule has 0 saturated carbocycles. The molecule has 4 aromatic rings. The number of nitrogens with zero attached hydrogens (tertiary/aromatic N) is 3. The summed E-state index contributed by atoms with van der Waals surface area (Å²) in [7, 11) is 0. The highest BCUT2D eigenvalue weighted by molar-refractivity contribution is 7.15. The number of thiophene rings is 1. The maximum atomic E-state index is 12.9. The van der Waals surface area contributed by atoms with Gasteiger partial charge in [0.2, 0.25) is 5.91 Å². The van der Waals surface area contributed by atoms with E-state index in [0.29, 0.717) is 25.1 Å². The summed E-state index contributed by atoms with van der Waals surface area (Å²) in [6, 6.07) is 12.0. The van der Waals surface area contributed by atoms with Crippen LogP contribution in [-0.4, -0.2) is 45.2 Å². The molecule has 158 valence electrons. The minimum Gasteiger partial charge on any atom is -0.349 e. The minimum atomic E-state index is -0.0268. The third-order valence-corrected chi connectivity index (χ3v) is 7.22. The fourth-order valence-corrected chi connectivity index (χ4v) is 5.42. The van der Waals surface area contributed by atoms with Crippen LogP contribution >= 0.6 is 22.7 Å². The molecule has 1 saturated heterocycles. The standard InChI is InChI=1S/C23H22N4O2S2/c28-21(26-9-6-18(7-10-26)24-22(29)17-8-11-30-14-17)12-19-15-31-23-25-20(13-27(19)23)16-4-2-1-3-5-16/h1-5,8,11,13-15,18H,6-7,9-10,12H2,(H,24,29). The van der Waals surface area contributed by atoms with Crippen molar-refractivity contribution in [3.05, 3.63) is 70.0 Å². The Balaban J connectivity index is 1.20. The number of hydrogen-bond donors (Lipinski definition) is 1. The number of carbonyl (C=O) groups excluding carboxylic acids is 2. The first-order valence-corrected chi connectivity index (χ1v) is 12.1. The quantitative estimate of drug-likeness (QED) is 0.498. The van der Waals surface area contributed by atoms with E-state index in [1.54, 1.807) is 11.3 Å². The number of carbonyl (C=O) groups is 2. The van der Waals surface area contributed by atoms with E-state index in [2.05, 4.69) is 5.32 Å². The van der Waals surface area contributed by atoms with Gasteiger partial charge in [-0.1, -0.05) is 30.3 Å². The molecule has 4 heterocycles. The number of aromatic nitrogens is 2. The number of likely N-dealkylation sites (tertiary alicyclic amines) is 1. The van der Waals surface area contributed by atoms with Crippen molar-refractivity contribution in [2.45, 2.75) is 25.3 Å². The van der Waals surface area contributed by atoms with Gasteiger partial charge < -0.3 is 10.2 Å². The van der Waals surface area contributed by atoms with Gasteiger partial charge in [-0.25, -0.2) is 4.98 Å². The number of benzene rings is 1. The molecule has 6 nitrogen and oxygen atoms in total. The molecule has 3 aromatic heterocycles. The van der Waals surface area contributed by atoms with E-state index in [1.165, 1.54) is 11.3 Å². The van der Waals surface area contributed by atoms with Gasteiger partial charge in [0.1, 0.15) is 0 Å². The number of rotatable bonds is 5. The van der Waals surface area contributed by atoms with Gasteiger partial charge >= 0.3 is 0 Å². The monoisotopic (exact) mass is 450 g/mol. The molecular formula is C23H22N4O2S2. The average Bonchev–Trinajstić information content (AvgIpc) is 3.54. The Morgan fingerprint density at radius 3 is 2.65 bits per heavy atom. The maximum absolute atomic E-state index is 12.9. The highest BCUT2D eigenvalue weighted by Gasteiger charge is 2.25. The van der Waals surface area contributed by atoms with E-state index in [1.807, 2.05) is 68.0 Å². The van der Waals surface area contributed by atoms with Gasteiger partial charge in [-0.05, 0) is 24.3 Å². The van der Waals surface area contributed by atoms with Crippen LogP contribution in [0.1, 0.15) is 28.9 Å². The van der Waals surface area contributed by atoms with Gasteiger partial charge in [0, 0.05) is 52.9 Å². The lowest BCUT2D eigenvalue weighted by Crippen LogP contribution is -2.47. The third kappa shape index (κ3) is 4.26. The second-order valence-corrected chi connectivity index (χ2v) is 9.31. The summed E-state index contributed by atoms with van der Waals surface area (Å²) in [6.45, 7) is 1.33. The Morgan fingerprint density at radius 1 is 1.10 bits per heavy atom. The van der Waals surface area contributed by atoms with Crippen LogP contribution < -0.4 is 5.32 Å². The highest BCUT2D eigenvalue weighted by Crippen LogP contribution is 2.24. The Hall–Kier alpha value is -2.97. The van der Waals surface area contributed by atoms with Crippen LogP contribution in [0.25, 0.3) is 16.2 Å². The van der Waals surface area contributed by atoms with Gasteiger partial charge in [-0.2, -0.15) is 11.3 Å². The largest absolute Gasteiger partial charge is 0.349 e. The van der Waals surface area contributed by atoms with E-state index >= 15 is 0 Å². The number of nitrogens with one attached hydrogen (secondary N) is 1.